The first kappa shape index (κ1) is 25.3. The molecule has 4 nitrogen and oxygen atoms in total. The molecule has 5 aromatic carbocycles. The molecule has 10 rings (SSSR count). The average molecular weight is 590 g/mol. The molecule has 0 fully saturated rings. The summed E-state index contributed by atoms with van der Waals surface area (Å²) in [6.45, 7) is 0. The lowest BCUT2D eigenvalue weighted by Crippen LogP contribution is -2.27. The maximum absolute atomic E-state index is 6.85. The van der Waals surface area contributed by atoms with Crippen LogP contribution in [0.15, 0.2) is 152 Å². The topological polar surface area (TPSA) is 39.9 Å². The zero-order valence-corrected chi connectivity index (χ0v) is 24.8. The molecule has 0 amide bonds. The lowest BCUT2D eigenvalue weighted by Gasteiger charge is -2.27. The van der Waals surface area contributed by atoms with E-state index in [0.29, 0.717) is 0 Å². The molecule has 3 aromatic heterocycles. The van der Waals surface area contributed by atoms with Crippen molar-refractivity contribution in [3.63, 3.8) is 0 Å². The molecule has 0 bridgehead atoms. The maximum Gasteiger partial charge on any atom is 0.149 e. The molecular weight excluding hydrogens is 562 g/mol. The zero-order chi connectivity index (χ0) is 30.2. The van der Waals surface area contributed by atoms with Crippen LogP contribution in [0.25, 0.3) is 71.7 Å². The Morgan fingerprint density at radius 2 is 1.17 bits per heavy atom. The number of para-hydroxylation sites is 2. The van der Waals surface area contributed by atoms with Crippen molar-refractivity contribution in [3.05, 3.63) is 157 Å². The summed E-state index contributed by atoms with van der Waals surface area (Å²) in [5.41, 5.74) is 10.6. The van der Waals surface area contributed by atoms with Gasteiger partial charge in [-0.2, -0.15) is 0 Å². The van der Waals surface area contributed by atoms with Crippen LogP contribution in [0.5, 0.6) is 5.75 Å². The van der Waals surface area contributed by atoms with Gasteiger partial charge in [0.1, 0.15) is 11.9 Å². The van der Waals surface area contributed by atoms with Gasteiger partial charge in [-0.3, -0.25) is 0 Å². The predicted molar refractivity (Wildman–Crippen MR) is 188 cm³/mol. The third kappa shape index (κ3) is 3.74. The van der Waals surface area contributed by atoms with Crippen LogP contribution in [0.4, 0.5) is 0 Å². The number of allylic oxidation sites excluding steroid dienone is 2. The highest BCUT2D eigenvalue weighted by Crippen LogP contribution is 2.47. The third-order valence-electron chi connectivity index (χ3n) is 9.55. The number of hydrogen-bond acceptors (Lipinski definition) is 3. The second-order valence-electron chi connectivity index (χ2n) is 12.1. The molecule has 4 heteroatoms. The molecule has 216 valence electrons. The van der Waals surface area contributed by atoms with Crippen LogP contribution >= 0.6 is 0 Å². The molecule has 0 N–H and O–H groups in total. The highest BCUT2D eigenvalue weighted by Gasteiger charge is 2.37. The monoisotopic (exact) mass is 589 g/mol. The van der Waals surface area contributed by atoms with Crippen molar-refractivity contribution in [1.82, 2.24) is 14.5 Å². The molecule has 0 spiro atoms. The van der Waals surface area contributed by atoms with Crippen LogP contribution in [-0.4, -0.2) is 20.6 Å². The van der Waals surface area contributed by atoms with Crippen LogP contribution < -0.4 is 4.74 Å². The second-order valence-corrected chi connectivity index (χ2v) is 12.1. The van der Waals surface area contributed by atoms with Gasteiger partial charge in [-0.15, -0.1) is 0 Å². The summed E-state index contributed by atoms with van der Waals surface area (Å²) in [7, 11) is 0. The number of ether oxygens (including phenoxy) is 1. The average Bonchev–Trinajstić information content (AvgIpc) is 3.67. The maximum atomic E-state index is 6.85. The summed E-state index contributed by atoms with van der Waals surface area (Å²) in [6, 6.07) is 46.9. The Morgan fingerprint density at radius 3 is 1.87 bits per heavy atom. The number of fused-ring (bicyclic) bond motifs is 9. The smallest absolute Gasteiger partial charge is 0.149 e. The fourth-order valence-electron chi connectivity index (χ4n) is 7.38. The van der Waals surface area contributed by atoms with Crippen molar-refractivity contribution in [1.29, 1.82) is 0 Å². The Kier molecular flexibility index (Phi) is 5.37. The third-order valence-corrected chi connectivity index (χ3v) is 9.55. The first-order valence-corrected chi connectivity index (χ1v) is 15.7. The lowest BCUT2D eigenvalue weighted by atomic mass is 9.92. The van der Waals surface area contributed by atoms with Crippen molar-refractivity contribution in [2.24, 2.45) is 0 Å². The highest BCUT2D eigenvalue weighted by molar-refractivity contribution is 6.08. The molecule has 2 atom stereocenters. The van der Waals surface area contributed by atoms with E-state index in [1.807, 2.05) is 18.2 Å². The molecule has 46 heavy (non-hydrogen) atoms. The second kappa shape index (κ2) is 9.75. The summed E-state index contributed by atoms with van der Waals surface area (Å²) < 4.78 is 9.29. The van der Waals surface area contributed by atoms with Crippen molar-refractivity contribution in [2.45, 2.75) is 12.1 Å². The van der Waals surface area contributed by atoms with E-state index >= 15 is 0 Å². The van der Waals surface area contributed by atoms with Crippen LogP contribution in [0, 0.1) is 0 Å². The predicted octanol–water partition coefficient (Wildman–Crippen LogP) is 10.2. The molecule has 2 unspecified atom stereocenters. The van der Waals surface area contributed by atoms with Gasteiger partial charge >= 0.3 is 0 Å². The molecular formula is C42H27N3O. The minimum atomic E-state index is -0.122. The zero-order valence-electron chi connectivity index (χ0n) is 24.8. The van der Waals surface area contributed by atoms with E-state index in [9.17, 15) is 0 Å². The van der Waals surface area contributed by atoms with Gasteiger partial charge in [0.05, 0.1) is 28.5 Å². The molecule has 0 saturated heterocycles. The Bertz CT molecular complexity index is 2520. The Labute approximate surface area is 265 Å². The SMILES string of the molecule is C1=CC(n2c3ccccc3c3ccccc32)C2Oc3cc(-c4ccc5ccc6ccc(-c7ccccc7)nc6c5n4)ccc3C2=C1. The van der Waals surface area contributed by atoms with Crippen molar-refractivity contribution < 1.29 is 4.74 Å². The highest BCUT2D eigenvalue weighted by atomic mass is 16.5. The Morgan fingerprint density at radius 1 is 0.565 bits per heavy atom. The Balaban J connectivity index is 1.06. The molecule has 1 aliphatic carbocycles. The van der Waals surface area contributed by atoms with Gasteiger partial charge in [0.15, 0.2) is 0 Å². The van der Waals surface area contributed by atoms with Gasteiger partial charge < -0.3 is 9.30 Å². The quantitative estimate of drug-likeness (QED) is 0.193. The van der Waals surface area contributed by atoms with Crippen LogP contribution in [0.3, 0.4) is 0 Å². The van der Waals surface area contributed by atoms with Crippen molar-refractivity contribution in [3.8, 4) is 28.3 Å². The fourth-order valence-corrected chi connectivity index (χ4v) is 7.38. The largest absolute Gasteiger partial charge is 0.483 e. The minimum Gasteiger partial charge on any atom is -0.483 e. The van der Waals surface area contributed by atoms with Crippen molar-refractivity contribution in [2.75, 3.05) is 0 Å². The molecule has 0 radical (unpaired) electrons. The van der Waals surface area contributed by atoms with Crippen molar-refractivity contribution >= 4 is 49.2 Å². The van der Waals surface area contributed by atoms with Crippen LogP contribution in [0.1, 0.15) is 11.6 Å². The molecule has 2 aliphatic rings. The van der Waals surface area contributed by atoms with E-state index in [2.05, 4.69) is 138 Å². The fraction of sp³-hybridized carbons (Fsp3) is 0.0476. The molecule has 8 aromatic rings. The van der Waals surface area contributed by atoms with Gasteiger partial charge in [0.2, 0.25) is 0 Å². The van der Waals surface area contributed by atoms with E-state index in [0.717, 1.165) is 55.6 Å². The van der Waals surface area contributed by atoms with Crippen LogP contribution in [-0.2, 0) is 0 Å². The van der Waals surface area contributed by atoms with E-state index in [1.54, 1.807) is 0 Å². The number of nitrogens with zero attached hydrogens (tertiary/aromatic N) is 3. The summed E-state index contributed by atoms with van der Waals surface area (Å²) in [6.07, 6.45) is 6.53. The summed E-state index contributed by atoms with van der Waals surface area (Å²) >= 11 is 0. The standard InChI is InChI=1S/C42H27N3O/c1-2-9-26(10-3-1)34-23-20-27-17-18-28-21-24-35(44-41(28)40(27)43-34)29-19-22-32-33-13-8-16-38(42(33)46-39(32)25-29)45-36-14-6-4-11-30(36)31-12-5-7-15-37(31)45/h1-25,38,42H. The number of pyridine rings is 2. The van der Waals surface area contributed by atoms with E-state index in [-0.39, 0.29) is 12.1 Å². The first-order chi connectivity index (χ1) is 22.8. The Hall–Kier alpha value is -6.00. The number of aromatic nitrogens is 3. The minimum absolute atomic E-state index is 0.0238. The van der Waals surface area contributed by atoms with E-state index < -0.39 is 0 Å². The van der Waals surface area contributed by atoms with Gasteiger partial charge in [-0.05, 0) is 30.3 Å². The summed E-state index contributed by atoms with van der Waals surface area (Å²) in [5, 5.41) is 4.68. The normalized spacial score (nSPS) is 16.9. The summed E-state index contributed by atoms with van der Waals surface area (Å²) in [5.74, 6) is 0.896. The first-order valence-electron chi connectivity index (χ1n) is 15.7. The van der Waals surface area contributed by atoms with Gasteiger partial charge in [0.25, 0.3) is 0 Å². The molecule has 0 saturated carbocycles. The summed E-state index contributed by atoms with van der Waals surface area (Å²) in [4.78, 5) is 10.3. The lowest BCUT2D eigenvalue weighted by molar-refractivity contribution is 0.232. The molecule has 1 aliphatic heterocycles. The van der Waals surface area contributed by atoms with E-state index in [1.165, 1.54) is 27.4 Å². The number of rotatable bonds is 3. The van der Waals surface area contributed by atoms with E-state index in [4.69, 9.17) is 14.7 Å². The molecule has 4 heterocycles. The van der Waals surface area contributed by atoms with Gasteiger partial charge in [0, 0.05) is 54.8 Å². The number of hydrogen-bond donors (Lipinski definition) is 0. The number of benzene rings is 5. The van der Waals surface area contributed by atoms with Gasteiger partial charge in [-0.25, -0.2) is 9.97 Å². The van der Waals surface area contributed by atoms with Gasteiger partial charge in [-0.1, -0.05) is 121 Å². The van der Waals surface area contributed by atoms with Crippen LogP contribution in [0.2, 0.25) is 0 Å².